The Morgan fingerprint density at radius 2 is 1.05 bits per heavy atom. The molecule has 0 aromatic heterocycles. The summed E-state index contributed by atoms with van der Waals surface area (Å²) >= 11 is 0. The Balaban J connectivity index is 0. The fourth-order valence-electron chi connectivity index (χ4n) is 1.15. The molecule has 0 aliphatic rings. The summed E-state index contributed by atoms with van der Waals surface area (Å²) in [5, 5.41) is 0. The number of alkyl halides is 8. The van der Waals surface area contributed by atoms with E-state index in [1.54, 1.807) is 0 Å². The van der Waals surface area contributed by atoms with E-state index in [1.165, 1.54) is 0 Å². The minimum atomic E-state index is -5.32. The summed E-state index contributed by atoms with van der Waals surface area (Å²) in [7, 11) is -5.32. The van der Waals surface area contributed by atoms with Crippen molar-refractivity contribution in [1.29, 1.82) is 0 Å². The van der Waals surface area contributed by atoms with Crippen molar-refractivity contribution in [2.45, 2.75) is 43.5 Å². The summed E-state index contributed by atoms with van der Waals surface area (Å²) in [6.07, 6.45) is -26.1. The minimum absolute atomic E-state index is 0. The van der Waals surface area contributed by atoms with Gasteiger partial charge in [0.2, 0.25) is 0 Å². The molecule has 0 radical (unpaired) electrons. The van der Waals surface area contributed by atoms with E-state index in [0.717, 1.165) is 0 Å². The normalized spacial score (nSPS) is 21.0. The van der Waals surface area contributed by atoms with E-state index < -0.39 is 59.3 Å². The van der Waals surface area contributed by atoms with Gasteiger partial charge in [-0.1, -0.05) is 0 Å². The van der Waals surface area contributed by atoms with Crippen LogP contribution in [0, 0.1) is 0 Å². The molecule has 122 valence electrons. The first kappa shape index (κ1) is 23.6. The minimum Gasteiger partial charge on any atom is -0.748 e. The standard InChI is InChI=1S/C8H10F8O3S.Na/c9-2(1-20(17,18)19)3(10)4(11)5(12)6(13)7(14)8(15)16;/h2-8H,1H2,(H,17,18,19);/q;+1/p-1. The first-order chi connectivity index (χ1) is 8.88. The summed E-state index contributed by atoms with van der Waals surface area (Å²) in [4.78, 5) is 0. The Hall–Kier alpha value is 0.350. The van der Waals surface area contributed by atoms with Crippen LogP contribution in [0.25, 0.3) is 0 Å². The number of hydrogen-bond acceptors (Lipinski definition) is 3. The third-order valence-corrected chi connectivity index (χ3v) is 2.89. The van der Waals surface area contributed by atoms with Crippen LogP contribution >= 0.6 is 0 Å². The zero-order chi connectivity index (χ0) is 16.2. The Morgan fingerprint density at radius 3 is 1.38 bits per heavy atom. The van der Waals surface area contributed by atoms with E-state index in [2.05, 4.69) is 0 Å². The predicted octanol–water partition coefficient (Wildman–Crippen LogP) is -1.17. The Labute approximate surface area is 137 Å². The molecule has 21 heavy (non-hydrogen) atoms. The van der Waals surface area contributed by atoms with Gasteiger partial charge in [-0.25, -0.2) is 43.5 Å². The van der Waals surface area contributed by atoms with Gasteiger partial charge >= 0.3 is 29.6 Å². The van der Waals surface area contributed by atoms with E-state index in [-0.39, 0.29) is 29.6 Å². The molecule has 6 unspecified atom stereocenters. The van der Waals surface area contributed by atoms with Gasteiger partial charge in [0, 0.05) is 0 Å². The number of hydrogen-bond donors (Lipinski definition) is 0. The Bertz CT molecular complexity index is 397. The van der Waals surface area contributed by atoms with Crippen molar-refractivity contribution in [3.8, 4) is 0 Å². The second kappa shape index (κ2) is 9.48. The van der Waals surface area contributed by atoms with Gasteiger partial charge in [-0.2, -0.15) is 0 Å². The van der Waals surface area contributed by atoms with Crippen LogP contribution in [0.15, 0.2) is 0 Å². The van der Waals surface area contributed by atoms with Gasteiger partial charge in [-0.05, 0) is 0 Å². The summed E-state index contributed by atoms with van der Waals surface area (Å²) < 4.78 is 130. The van der Waals surface area contributed by atoms with Crippen molar-refractivity contribution >= 4 is 10.1 Å². The maximum atomic E-state index is 13.0. The predicted molar refractivity (Wildman–Crippen MR) is 49.9 cm³/mol. The van der Waals surface area contributed by atoms with Crippen LogP contribution in [0.5, 0.6) is 0 Å². The SMILES string of the molecule is O=S(=O)([O-])CC(F)C(F)C(F)C(F)C(F)C(F)C(F)F.[Na+]. The van der Waals surface area contributed by atoms with Crippen LogP contribution in [0.3, 0.4) is 0 Å². The molecule has 0 saturated carbocycles. The molecule has 0 aromatic carbocycles. The molecule has 0 amide bonds. The molecule has 0 bridgehead atoms. The van der Waals surface area contributed by atoms with Crippen LogP contribution in [0.2, 0.25) is 0 Å². The van der Waals surface area contributed by atoms with Crippen molar-refractivity contribution in [2.24, 2.45) is 0 Å². The fourth-order valence-corrected chi connectivity index (χ4v) is 1.73. The second-order valence-electron chi connectivity index (χ2n) is 3.80. The summed E-state index contributed by atoms with van der Waals surface area (Å²) in [5.74, 6) is -2.06. The average molecular weight is 360 g/mol. The number of halogens is 8. The first-order valence-corrected chi connectivity index (χ1v) is 6.52. The van der Waals surface area contributed by atoms with Gasteiger partial charge in [-0.3, -0.25) is 0 Å². The van der Waals surface area contributed by atoms with Crippen molar-refractivity contribution < 1.29 is 77.7 Å². The van der Waals surface area contributed by atoms with Crippen LogP contribution in [0.1, 0.15) is 0 Å². The zero-order valence-corrected chi connectivity index (χ0v) is 13.2. The Morgan fingerprint density at radius 1 is 0.714 bits per heavy atom. The van der Waals surface area contributed by atoms with E-state index in [9.17, 15) is 48.1 Å². The van der Waals surface area contributed by atoms with Gasteiger partial charge < -0.3 is 4.55 Å². The van der Waals surface area contributed by atoms with Crippen molar-refractivity contribution in [2.75, 3.05) is 5.75 Å². The molecule has 0 aliphatic carbocycles. The molecule has 0 aromatic rings. The monoisotopic (exact) mass is 360 g/mol. The zero-order valence-electron chi connectivity index (χ0n) is 10.4. The molecule has 6 atom stereocenters. The molecule has 0 heterocycles. The molecule has 3 nitrogen and oxygen atoms in total. The van der Waals surface area contributed by atoms with Crippen LogP contribution in [-0.2, 0) is 10.1 Å². The largest absolute Gasteiger partial charge is 1.00 e. The molecular weight excluding hydrogens is 351 g/mol. The van der Waals surface area contributed by atoms with Gasteiger partial charge in [0.15, 0.2) is 30.9 Å². The van der Waals surface area contributed by atoms with Gasteiger partial charge in [-0.15, -0.1) is 0 Å². The van der Waals surface area contributed by atoms with Crippen molar-refractivity contribution in [1.82, 2.24) is 0 Å². The van der Waals surface area contributed by atoms with Gasteiger partial charge in [0.25, 0.3) is 6.43 Å². The molecular formula is C8H9F8NaO3S. The van der Waals surface area contributed by atoms with Crippen LogP contribution < -0.4 is 29.6 Å². The van der Waals surface area contributed by atoms with E-state index in [0.29, 0.717) is 0 Å². The maximum Gasteiger partial charge on any atom is 1.00 e. The number of rotatable bonds is 8. The second-order valence-corrected chi connectivity index (χ2v) is 5.25. The fraction of sp³-hybridized carbons (Fsp3) is 1.00. The van der Waals surface area contributed by atoms with Crippen molar-refractivity contribution in [3.05, 3.63) is 0 Å². The molecule has 0 saturated heterocycles. The first-order valence-electron chi connectivity index (χ1n) is 4.94. The molecule has 0 spiro atoms. The molecule has 0 fully saturated rings. The summed E-state index contributed by atoms with van der Waals surface area (Å²) in [6, 6.07) is 0. The van der Waals surface area contributed by atoms with Crippen molar-refractivity contribution in [3.63, 3.8) is 0 Å². The van der Waals surface area contributed by atoms with E-state index >= 15 is 0 Å². The summed E-state index contributed by atoms with van der Waals surface area (Å²) in [5.41, 5.74) is 0. The molecule has 0 aliphatic heterocycles. The molecule has 0 rings (SSSR count). The molecule has 0 N–H and O–H groups in total. The van der Waals surface area contributed by atoms with Gasteiger partial charge in [0.1, 0.15) is 6.17 Å². The maximum absolute atomic E-state index is 13.0. The smallest absolute Gasteiger partial charge is 0.748 e. The molecule has 13 heteroatoms. The third kappa shape index (κ3) is 7.95. The van der Waals surface area contributed by atoms with E-state index in [4.69, 9.17) is 0 Å². The average Bonchev–Trinajstić information content (AvgIpc) is 2.31. The van der Waals surface area contributed by atoms with E-state index in [1.807, 2.05) is 0 Å². The third-order valence-electron chi connectivity index (χ3n) is 2.17. The van der Waals surface area contributed by atoms with Crippen LogP contribution in [-0.4, -0.2) is 62.2 Å². The summed E-state index contributed by atoms with van der Waals surface area (Å²) in [6.45, 7) is 0. The Kier molecular flexibility index (Phi) is 10.7. The topological polar surface area (TPSA) is 57.2 Å². The quantitative estimate of drug-likeness (QED) is 0.311. The van der Waals surface area contributed by atoms with Gasteiger partial charge in [0.05, 0.1) is 15.9 Å². The van der Waals surface area contributed by atoms with Crippen LogP contribution in [0.4, 0.5) is 35.1 Å².